The van der Waals surface area contributed by atoms with E-state index in [1.165, 1.54) is 13.1 Å². The van der Waals surface area contributed by atoms with Crippen LogP contribution in [0.15, 0.2) is 18.2 Å². The van der Waals surface area contributed by atoms with Crippen molar-refractivity contribution < 1.29 is 23.5 Å². The van der Waals surface area contributed by atoms with Crippen LogP contribution in [0, 0.1) is 11.6 Å². The lowest BCUT2D eigenvalue weighted by Gasteiger charge is -2.23. The zero-order valence-electron chi connectivity index (χ0n) is 10.7. The molecule has 1 aromatic carbocycles. The number of hydrogen-bond acceptors (Lipinski definition) is 2. The van der Waals surface area contributed by atoms with Gasteiger partial charge in [-0.3, -0.25) is 4.79 Å². The van der Waals surface area contributed by atoms with Gasteiger partial charge in [-0.2, -0.15) is 0 Å². The fraction of sp³-hybridized carbons (Fsp3) is 0.385. The molecule has 19 heavy (non-hydrogen) atoms. The summed E-state index contributed by atoms with van der Waals surface area (Å²) in [6.07, 6.45) is -0.282. The third-order valence-electron chi connectivity index (χ3n) is 2.92. The molecule has 0 heterocycles. The minimum atomic E-state index is -1.15. The molecule has 0 fully saturated rings. The Bertz CT molecular complexity index is 471. The lowest BCUT2D eigenvalue weighted by atomic mass is 10.1. The molecule has 0 aliphatic heterocycles. The SMILES string of the molecule is CCC(C(=O)O)N(C)C(=O)Cc1c(F)cccc1F. The van der Waals surface area contributed by atoms with Crippen LogP contribution in [0.1, 0.15) is 18.9 Å². The number of likely N-dealkylation sites (N-methyl/N-ethyl adjacent to an activating group) is 1. The molecule has 1 atom stereocenters. The van der Waals surface area contributed by atoms with E-state index in [2.05, 4.69) is 0 Å². The Morgan fingerprint density at radius 2 is 1.84 bits per heavy atom. The molecule has 1 N–H and O–H groups in total. The van der Waals surface area contributed by atoms with Crippen molar-refractivity contribution in [2.45, 2.75) is 25.8 Å². The van der Waals surface area contributed by atoms with Gasteiger partial charge < -0.3 is 10.0 Å². The summed E-state index contributed by atoms with van der Waals surface area (Å²) in [5.74, 6) is -3.42. The van der Waals surface area contributed by atoms with E-state index in [-0.39, 0.29) is 12.0 Å². The number of amides is 1. The average Bonchev–Trinajstić information content (AvgIpc) is 2.34. The smallest absolute Gasteiger partial charge is 0.326 e. The highest BCUT2D eigenvalue weighted by Gasteiger charge is 2.25. The number of halogens is 2. The molecule has 0 aromatic heterocycles. The van der Waals surface area contributed by atoms with Gasteiger partial charge in [-0.1, -0.05) is 13.0 Å². The summed E-state index contributed by atoms with van der Waals surface area (Å²) in [6.45, 7) is 1.62. The van der Waals surface area contributed by atoms with E-state index in [0.717, 1.165) is 17.0 Å². The summed E-state index contributed by atoms with van der Waals surface area (Å²) >= 11 is 0. The van der Waals surface area contributed by atoms with E-state index in [4.69, 9.17) is 5.11 Å². The predicted molar refractivity (Wildman–Crippen MR) is 64.5 cm³/mol. The van der Waals surface area contributed by atoms with Crippen LogP contribution in [-0.4, -0.2) is 35.0 Å². The standard InChI is InChI=1S/C13H15F2NO3/c1-3-11(13(18)19)16(2)12(17)7-8-9(14)5-4-6-10(8)15/h4-6,11H,3,7H2,1-2H3,(H,18,19). The second-order valence-electron chi connectivity index (χ2n) is 4.14. The third kappa shape index (κ3) is 3.49. The Morgan fingerprint density at radius 1 is 1.32 bits per heavy atom. The topological polar surface area (TPSA) is 57.6 Å². The second kappa shape index (κ2) is 6.26. The lowest BCUT2D eigenvalue weighted by molar-refractivity contribution is -0.148. The van der Waals surface area contributed by atoms with Gasteiger partial charge in [0.2, 0.25) is 5.91 Å². The summed E-state index contributed by atoms with van der Waals surface area (Å²) in [7, 11) is 1.31. The summed E-state index contributed by atoms with van der Waals surface area (Å²) in [5.41, 5.74) is -0.348. The van der Waals surface area contributed by atoms with Crippen molar-refractivity contribution >= 4 is 11.9 Å². The average molecular weight is 271 g/mol. The number of carbonyl (C=O) groups is 2. The van der Waals surface area contributed by atoms with Gasteiger partial charge in [0.15, 0.2) is 0 Å². The van der Waals surface area contributed by atoms with E-state index >= 15 is 0 Å². The molecule has 1 aromatic rings. The minimum absolute atomic E-state index is 0.220. The molecule has 0 aliphatic carbocycles. The van der Waals surface area contributed by atoms with Gasteiger partial charge in [0.1, 0.15) is 17.7 Å². The van der Waals surface area contributed by atoms with E-state index in [1.807, 2.05) is 0 Å². The van der Waals surface area contributed by atoms with E-state index < -0.39 is 36.0 Å². The van der Waals surface area contributed by atoms with Crippen LogP contribution in [0.5, 0.6) is 0 Å². The van der Waals surface area contributed by atoms with Crippen molar-refractivity contribution in [2.24, 2.45) is 0 Å². The van der Waals surface area contributed by atoms with Gasteiger partial charge >= 0.3 is 5.97 Å². The Hall–Kier alpha value is -1.98. The molecule has 1 unspecified atom stereocenters. The molecular formula is C13H15F2NO3. The molecule has 0 saturated heterocycles. The monoisotopic (exact) mass is 271 g/mol. The minimum Gasteiger partial charge on any atom is -0.480 e. The van der Waals surface area contributed by atoms with Crippen LogP contribution >= 0.6 is 0 Å². The first kappa shape index (κ1) is 15.1. The van der Waals surface area contributed by atoms with Crippen molar-refractivity contribution in [3.8, 4) is 0 Å². The van der Waals surface area contributed by atoms with Crippen molar-refractivity contribution in [1.82, 2.24) is 4.90 Å². The first-order valence-corrected chi connectivity index (χ1v) is 5.79. The third-order valence-corrected chi connectivity index (χ3v) is 2.92. The number of rotatable bonds is 5. The number of carboxylic acid groups (broad SMARTS) is 1. The van der Waals surface area contributed by atoms with Gasteiger partial charge in [0, 0.05) is 12.6 Å². The first-order valence-electron chi connectivity index (χ1n) is 5.79. The Morgan fingerprint density at radius 3 is 2.26 bits per heavy atom. The summed E-state index contributed by atoms with van der Waals surface area (Å²) in [6, 6.07) is 2.32. The quantitative estimate of drug-likeness (QED) is 0.888. The maximum atomic E-state index is 13.4. The maximum Gasteiger partial charge on any atom is 0.326 e. The number of carboxylic acids is 1. The number of benzene rings is 1. The molecule has 1 amide bonds. The number of carbonyl (C=O) groups excluding carboxylic acids is 1. The van der Waals surface area contributed by atoms with Crippen molar-refractivity contribution in [3.05, 3.63) is 35.4 Å². The summed E-state index contributed by atoms with van der Waals surface area (Å²) in [5, 5.41) is 8.93. The molecule has 0 spiro atoms. The van der Waals surface area contributed by atoms with Gasteiger partial charge in [-0.25, -0.2) is 13.6 Å². The highest BCUT2D eigenvalue weighted by Crippen LogP contribution is 2.14. The van der Waals surface area contributed by atoms with Crippen molar-refractivity contribution in [1.29, 1.82) is 0 Å². The molecule has 4 nitrogen and oxygen atoms in total. The Labute approximate surface area is 109 Å². The van der Waals surface area contributed by atoms with Crippen LogP contribution in [-0.2, 0) is 16.0 Å². The van der Waals surface area contributed by atoms with Crippen molar-refractivity contribution in [2.75, 3.05) is 7.05 Å². The van der Waals surface area contributed by atoms with E-state index in [0.29, 0.717) is 0 Å². The summed E-state index contributed by atoms with van der Waals surface area (Å²) in [4.78, 5) is 23.8. The van der Waals surface area contributed by atoms with Gasteiger partial charge in [0.25, 0.3) is 0 Å². The Balaban J connectivity index is 2.88. The second-order valence-corrected chi connectivity index (χ2v) is 4.14. The fourth-order valence-electron chi connectivity index (χ4n) is 1.77. The van der Waals surface area contributed by atoms with Crippen LogP contribution < -0.4 is 0 Å². The molecule has 0 bridgehead atoms. The molecule has 1 rings (SSSR count). The van der Waals surface area contributed by atoms with Crippen LogP contribution in [0.3, 0.4) is 0 Å². The largest absolute Gasteiger partial charge is 0.480 e. The number of aliphatic carboxylic acids is 1. The first-order chi connectivity index (χ1) is 8.88. The van der Waals surface area contributed by atoms with E-state index in [9.17, 15) is 18.4 Å². The fourth-order valence-corrected chi connectivity index (χ4v) is 1.77. The zero-order chi connectivity index (χ0) is 14.6. The maximum absolute atomic E-state index is 13.4. The van der Waals surface area contributed by atoms with E-state index in [1.54, 1.807) is 6.92 Å². The zero-order valence-corrected chi connectivity index (χ0v) is 10.7. The molecule has 0 aliphatic rings. The predicted octanol–water partition coefficient (Wildman–Crippen LogP) is 1.83. The van der Waals surface area contributed by atoms with Gasteiger partial charge in [0.05, 0.1) is 6.42 Å². The molecular weight excluding hydrogens is 256 g/mol. The van der Waals surface area contributed by atoms with Crippen LogP contribution in [0.2, 0.25) is 0 Å². The normalized spacial score (nSPS) is 12.0. The Kier molecular flexibility index (Phi) is 4.97. The number of nitrogens with zero attached hydrogens (tertiary/aromatic N) is 1. The highest BCUT2D eigenvalue weighted by molar-refractivity contribution is 5.84. The highest BCUT2D eigenvalue weighted by atomic mass is 19.1. The van der Waals surface area contributed by atoms with Crippen LogP contribution in [0.4, 0.5) is 8.78 Å². The molecule has 104 valence electrons. The van der Waals surface area contributed by atoms with Gasteiger partial charge in [-0.15, -0.1) is 0 Å². The summed E-state index contributed by atoms with van der Waals surface area (Å²) < 4.78 is 26.8. The molecule has 0 saturated carbocycles. The van der Waals surface area contributed by atoms with Gasteiger partial charge in [-0.05, 0) is 18.6 Å². The lowest BCUT2D eigenvalue weighted by Crippen LogP contribution is -2.42. The van der Waals surface area contributed by atoms with Crippen LogP contribution in [0.25, 0.3) is 0 Å². The molecule has 0 radical (unpaired) electrons. The number of hydrogen-bond donors (Lipinski definition) is 1. The van der Waals surface area contributed by atoms with Crippen molar-refractivity contribution in [3.63, 3.8) is 0 Å². The molecule has 6 heteroatoms.